The molecule has 0 aromatic carbocycles. The molecule has 20 aromatic rings. The summed E-state index contributed by atoms with van der Waals surface area (Å²) < 4.78 is 17.4. The molecule has 20 aromatic heterocycles. The van der Waals surface area contributed by atoms with E-state index in [2.05, 4.69) is 135 Å². The number of aromatic nitrogens is 29. The standard InChI is InChI=1S/7C9H9N3.C9H8N2.2C6H8N2.C6H5NO.2C4H6N2.C2H2O2.C2H6O.4ClH.H3N.H2O.3Os/c7*1-12-7-6-11-9(12)8-4-2-3-5-10-8;1-2-6-10-8(4-1)9-5-3-7-11-9;2*1-7-6-2-4-8-5-3-6;8-5-6-3-1-2-4-7-6;2*1-6-3-2-5-4-6;3-1-2-4;1-2-3;;;;;;;;;/h7*2-7H,1H3;1-4,6-7H,5H2;2*2-5H,1H3,(H,7,8);1-5H;2*2-4H,1H3;1-2H;3H,2H2,1H3;4*1H;1H3;1H2;;;/q;;;;;;;;;;;;;;;;;;;;;2*+1;+2/p-4. The van der Waals surface area contributed by atoms with E-state index in [9.17, 15) is 4.79 Å². The fourth-order valence-corrected chi connectivity index (χ4v) is 11.0. The van der Waals surface area contributed by atoms with Gasteiger partial charge in [0, 0.05) is 300 Å². The average Bonchev–Trinajstić information content (AvgIpc) is 1.76. The number of hydrogen-bond acceptors (Lipinski definition) is 28. The molecular weight excluding hydrogens is 2480 g/mol. The molecule has 8 N–H and O–H groups in total. The second-order valence-corrected chi connectivity index (χ2v) is 31.5. The van der Waals surface area contributed by atoms with Crippen LogP contribution in [0.1, 0.15) is 29.5 Å². The summed E-state index contributed by atoms with van der Waals surface area (Å²) in [5, 5.41) is 13.5. The van der Waals surface area contributed by atoms with Gasteiger partial charge in [0.25, 0.3) is 0 Å². The number of carbonyl (C=O) groups excluding carboxylic acids is 3. The number of nitrogens with one attached hydrogen (secondary N) is 2. The van der Waals surface area contributed by atoms with E-state index in [1.165, 1.54) is 35.2 Å². The minimum atomic E-state index is -0.639. The van der Waals surface area contributed by atoms with E-state index in [1.807, 2.05) is 357 Å². The Hall–Kier alpha value is -15.5. The first-order valence-corrected chi connectivity index (χ1v) is 55.8. The second kappa shape index (κ2) is 81.9. The van der Waals surface area contributed by atoms with Crippen molar-refractivity contribution in [3.05, 3.63) is 416 Å². The number of aliphatic imine (C=N–C) groups is 1. The quantitative estimate of drug-likeness (QED) is 0.0652. The number of allylic oxidation sites excluding steroid dienone is 1. The third-order valence-electron chi connectivity index (χ3n) is 17.7. The molecule has 21 rings (SSSR count). The number of nitrogens with zero attached hydrogens (tertiary/aromatic N) is 30. The van der Waals surface area contributed by atoms with Gasteiger partial charge < -0.3 is 68.5 Å². The summed E-state index contributed by atoms with van der Waals surface area (Å²) in [7, 11) is 40.5. The molecule has 147 heavy (non-hydrogen) atoms. The summed E-state index contributed by atoms with van der Waals surface area (Å²) in [6, 6.07) is 59.3. The Bertz CT molecular complexity index is 5780. The Labute approximate surface area is 900 Å². The van der Waals surface area contributed by atoms with Crippen LogP contribution >= 0.6 is 38.6 Å². The van der Waals surface area contributed by atoms with Crippen LogP contribution in [0, 0.1) is 0 Å². The molecule has 38 nitrogen and oxygen atoms in total. The average molecular weight is 2600 g/mol. The first-order valence-electron chi connectivity index (χ1n) is 43.3. The fourth-order valence-electron chi connectivity index (χ4n) is 11.0. The summed E-state index contributed by atoms with van der Waals surface area (Å²) in [6.45, 7) is 1.93. The number of aldehydes is 3. The van der Waals surface area contributed by atoms with Crippen molar-refractivity contribution in [2.45, 2.75) is 13.3 Å². The number of aliphatic hydroxyl groups excluding tert-OH is 1. The molecule has 0 saturated heterocycles. The molecule has 45 heteroatoms. The van der Waals surface area contributed by atoms with E-state index in [0.29, 0.717) is 5.69 Å². The van der Waals surface area contributed by atoms with Gasteiger partial charge in [-0.15, -0.1) is 0 Å². The predicted molar refractivity (Wildman–Crippen MR) is 570 cm³/mol. The van der Waals surface area contributed by atoms with Gasteiger partial charge in [0.15, 0.2) is 59.6 Å². The van der Waals surface area contributed by atoms with E-state index >= 15 is 0 Å². The third kappa shape index (κ3) is 52.6. The monoisotopic (exact) mass is 2600 g/mol. The van der Waals surface area contributed by atoms with E-state index in [0.717, 1.165) is 116 Å². The van der Waals surface area contributed by atoms with Crippen LogP contribution in [0.15, 0.2) is 410 Å². The van der Waals surface area contributed by atoms with Crippen molar-refractivity contribution in [2.24, 2.45) is 68.4 Å². The fraction of sp³-hybridized carbons (Fsp3) is 0.137. The number of carbonyl (C=O) groups is 3. The number of aliphatic hydroxyl groups is 1. The van der Waals surface area contributed by atoms with Crippen molar-refractivity contribution in [1.29, 1.82) is 0 Å². The first-order chi connectivity index (χ1) is 70.9. The number of rotatable bonds is 12. The Morgan fingerprint density at radius 2 is 0.531 bits per heavy atom. The SMILES string of the molecule is C1=CN=C(c2ccccn2)C1.CCO.CNc1ccncc1.CNc1ccncc1.Cn1ccnc1.Cn1ccnc1.Cn1ccnc1-c1ccccn1.Cn1ccnc1-c1ccccn1.Cn1ccnc1-c1ccccn1.Cn1ccnc1-c1ccccn1.Cn1ccnc1-c1ccccn1.Cn1ccnc1-c1ccccn1.Cn1ccnc1-c1ccccn1.N.O.O=CC=O.O=Cc1ccccn1.[Cl][Os].[Cl][Os].[Cl][Os][Cl]. The zero-order valence-corrected chi connectivity index (χ0v) is 93.3. The number of pyridine rings is 11. The van der Waals surface area contributed by atoms with Gasteiger partial charge in [-0.3, -0.25) is 74.2 Å². The van der Waals surface area contributed by atoms with Gasteiger partial charge in [-0.05, 0) is 140 Å². The van der Waals surface area contributed by atoms with Crippen LogP contribution in [-0.2, 0) is 124 Å². The van der Waals surface area contributed by atoms with E-state index in [4.69, 9.17) is 34.0 Å². The molecule has 0 radical (unpaired) electrons. The Kier molecular flexibility index (Phi) is 71.1. The molecule has 0 amide bonds. The molecule has 21 heterocycles. The zero-order chi connectivity index (χ0) is 105. The topological polar surface area (TPSA) is 477 Å². The van der Waals surface area contributed by atoms with Crippen LogP contribution in [0.4, 0.5) is 11.4 Å². The molecule has 0 bridgehead atoms. The normalized spacial score (nSPS) is 9.50. The maximum atomic E-state index is 9.94. The summed E-state index contributed by atoms with van der Waals surface area (Å²) in [4.78, 5) is 114. The van der Waals surface area contributed by atoms with Crippen LogP contribution in [0.25, 0.3) is 80.6 Å². The van der Waals surface area contributed by atoms with Gasteiger partial charge in [-0.25, -0.2) is 44.9 Å². The molecule has 0 saturated carbocycles. The van der Waals surface area contributed by atoms with Crippen LogP contribution in [-0.4, -0.2) is 197 Å². The first kappa shape index (κ1) is 128. The number of imidazole rings is 9. The molecule has 0 unspecified atom stereocenters. The number of halogens is 4. The maximum absolute atomic E-state index is 9.94. The van der Waals surface area contributed by atoms with Gasteiger partial charge in [0.2, 0.25) is 0 Å². The molecule has 1 aliphatic rings. The summed E-state index contributed by atoms with van der Waals surface area (Å²) in [5.74, 6) is 6.29. The van der Waals surface area contributed by atoms with Gasteiger partial charge in [-0.2, -0.15) is 0 Å². The van der Waals surface area contributed by atoms with Crippen molar-refractivity contribution in [1.82, 2.24) is 147 Å². The van der Waals surface area contributed by atoms with Crippen LogP contribution in [0.2, 0.25) is 0 Å². The van der Waals surface area contributed by atoms with Gasteiger partial charge >= 0.3 is 89.2 Å². The van der Waals surface area contributed by atoms with Crippen molar-refractivity contribution in [2.75, 3.05) is 31.3 Å². The van der Waals surface area contributed by atoms with Crippen molar-refractivity contribution in [3.8, 4) is 80.6 Å². The summed E-state index contributed by atoms with van der Waals surface area (Å²) in [5.41, 5.74) is 11.1. The zero-order valence-electron chi connectivity index (χ0n) is 82.6. The Morgan fingerprint density at radius 1 is 0.313 bits per heavy atom. The molecular formula is C102H117Cl4N33O5Os3. The van der Waals surface area contributed by atoms with Gasteiger partial charge in [-0.1, -0.05) is 60.7 Å². The van der Waals surface area contributed by atoms with Crippen LogP contribution in [0.5, 0.6) is 0 Å². The minimum absolute atomic E-state index is 0. The third-order valence-corrected chi connectivity index (χ3v) is 17.7. The van der Waals surface area contributed by atoms with Crippen molar-refractivity contribution >= 4 is 74.5 Å². The molecule has 1 aliphatic heterocycles. The van der Waals surface area contributed by atoms with Gasteiger partial charge in [0.1, 0.15) is 45.6 Å². The summed E-state index contributed by atoms with van der Waals surface area (Å²) in [6.07, 6.45) is 65.2. The van der Waals surface area contributed by atoms with Crippen molar-refractivity contribution < 1.29 is 75.6 Å². The molecule has 0 spiro atoms. The van der Waals surface area contributed by atoms with Gasteiger partial charge in [0.05, 0.1) is 24.1 Å². The molecule has 772 valence electrons. The van der Waals surface area contributed by atoms with E-state index in [-0.39, 0.29) is 30.8 Å². The number of hydrogen-bond donors (Lipinski definition) is 4. The molecule has 0 fully saturated rings. The Morgan fingerprint density at radius 3 is 0.653 bits per heavy atom. The Balaban J connectivity index is 0.000000534. The predicted octanol–water partition coefficient (Wildman–Crippen LogP) is 17.6. The summed E-state index contributed by atoms with van der Waals surface area (Å²) >= 11 is 2.03. The molecule has 0 aliphatic carbocycles. The number of anilines is 2. The van der Waals surface area contributed by atoms with E-state index in [1.54, 1.807) is 174 Å². The van der Waals surface area contributed by atoms with Crippen LogP contribution in [0.3, 0.4) is 0 Å². The van der Waals surface area contributed by atoms with Crippen molar-refractivity contribution in [3.63, 3.8) is 0 Å². The van der Waals surface area contributed by atoms with E-state index < -0.39 is 15.4 Å². The van der Waals surface area contributed by atoms with Crippen LogP contribution < -0.4 is 16.8 Å². The molecule has 0 atom stereocenters. The number of aryl methyl sites for hydroxylation is 9. The second-order valence-electron chi connectivity index (χ2n) is 27.9.